The Hall–Kier alpha value is -1.59. The first-order valence-electron chi connectivity index (χ1n) is 5.38. The summed E-state index contributed by atoms with van der Waals surface area (Å²) in [5.41, 5.74) is 0. The minimum absolute atomic E-state index is 0.00141. The van der Waals surface area contributed by atoms with E-state index in [2.05, 4.69) is 10.6 Å². The highest BCUT2D eigenvalue weighted by molar-refractivity contribution is 5.89. The normalized spacial score (nSPS) is 32.0. The maximum absolute atomic E-state index is 11.5. The standard InChI is InChI=1S/C10H14N2O4/c13-8-2-1-5(12-8)4-11-9(14)6-3-7(6)10(15)16/h5-7H,1-4H2,(H,11,14)(H,12,13)(H,15,16). The first-order chi connectivity index (χ1) is 7.58. The van der Waals surface area contributed by atoms with Crippen LogP contribution in [0.25, 0.3) is 0 Å². The molecule has 3 N–H and O–H groups in total. The van der Waals surface area contributed by atoms with Gasteiger partial charge in [-0.05, 0) is 12.8 Å². The van der Waals surface area contributed by atoms with Crippen molar-refractivity contribution in [2.24, 2.45) is 11.8 Å². The summed E-state index contributed by atoms with van der Waals surface area (Å²) in [6.45, 7) is 0.396. The second-order valence-electron chi connectivity index (χ2n) is 4.34. The molecule has 16 heavy (non-hydrogen) atoms. The van der Waals surface area contributed by atoms with Gasteiger partial charge in [0.2, 0.25) is 11.8 Å². The minimum Gasteiger partial charge on any atom is -0.481 e. The molecule has 0 aromatic rings. The third-order valence-corrected chi connectivity index (χ3v) is 3.05. The molecule has 1 heterocycles. The summed E-state index contributed by atoms with van der Waals surface area (Å²) in [6, 6.07) is -0.00141. The Morgan fingerprint density at radius 1 is 1.44 bits per heavy atom. The van der Waals surface area contributed by atoms with Gasteiger partial charge >= 0.3 is 5.97 Å². The molecular formula is C10H14N2O4. The minimum atomic E-state index is -0.908. The zero-order valence-electron chi connectivity index (χ0n) is 8.73. The van der Waals surface area contributed by atoms with E-state index in [9.17, 15) is 14.4 Å². The zero-order valence-corrected chi connectivity index (χ0v) is 8.73. The smallest absolute Gasteiger partial charge is 0.307 e. The molecule has 6 heteroatoms. The third-order valence-electron chi connectivity index (χ3n) is 3.05. The number of carbonyl (C=O) groups excluding carboxylic acids is 2. The lowest BCUT2D eigenvalue weighted by Crippen LogP contribution is -2.39. The van der Waals surface area contributed by atoms with Crippen LogP contribution >= 0.6 is 0 Å². The number of carbonyl (C=O) groups is 3. The fourth-order valence-electron chi connectivity index (χ4n) is 1.94. The van der Waals surface area contributed by atoms with E-state index in [0.717, 1.165) is 6.42 Å². The van der Waals surface area contributed by atoms with Crippen molar-refractivity contribution in [1.29, 1.82) is 0 Å². The van der Waals surface area contributed by atoms with E-state index in [1.54, 1.807) is 0 Å². The number of rotatable bonds is 4. The molecular weight excluding hydrogens is 212 g/mol. The van der Waals surface area contributed by atoms with E-state index >= 15 is 0 Å². The second kappa shape index (κ2) is 4.11. The van der Waals surface area contributed by atoms with Crippen LogP contribution in [-0.4, -0.2) is 35.5 Å². The maximum atomic E-state index is 11.5. The van der Waals surface area contributed by atoms with E-state index in [0.29, 0.717) is 19.4 Å². The molecule has 0 aromatic heterocycles. The summed E-state index contributed by atoms with van der Waals surface area (Å²) in [6.07, 6.45) is 1.66. The van der Waals surface area contributed by atoms with Crippen LogP contribution in [0.1, 0.15) is 19.3 Å². The number of nitrogens with one attached hydrogen (secondary N) is 2. The van der Waals surface area contributed by atoms with Crippen molar-refractivity contribution in [3.63, 3.8) is 0 Å². The molecule has 88 valence electrons. The Morgan fingerprint density at radius 2 is 2.19 bits per heavy atom. The highest BCUT2D eigenvalue weighted by atomic mass is 16.4. The monoisotopic (exact) mass is 226 g/mol. The Bertz CT molecular complexity index is 342. The second-order valence-corrected chi connectivity index (χ2v) is 4.34. The lowest BCUT2D eigenvalue weighted by Gasteiger charge is -2.10. The Labute approximate surface area is 92.4 Å². The molecule has 1 saturated carbocycles. The van der Waals surface area contributed by atoms with Gasteiger partial charge < -0.3 is 15.7 Å². The molecule has 0 aromatic carbocycles. The van der Waals surface area contributed by atoms with Crippen molar-refractivity contribution in [2.75, 3.05) is 6.54 Å². The number of hydrogen-bond acceptors (Lipinski definition) is 3. The van der Waals surface area contributed by atoms with Crippen LogP contribution in [0.5, 0.6) is 0 Å². The van der Waals surface area contributed by atoms with E-state index in [4.69, 9.17) is 5.11 Å². The maximum Gasteiger partial charge on any atom is 0.307 e. The predicted molar refractivity (Wildman–Crippen MR) is 53.4 cm³/mol. The summed E-state index contributed by atoms with van der Waals surface area (Å²) in [4.78, 5) is 32.9. The summed E-state index contributed by atoms with van der Waals surface area (Å²) < 4.78 is 0. The molecule has 3 unspecified atom stereocenters. The summed E-state index contributed by atoms with van der Waals surface area (Å²) >= 11 is 0. The van der Waals surface area contributed by atoms with Crippen LogP contribution in [0.15, 0.2) is 0 Å². The van der Waals surface area contributed by atoms with Gasteiger partial charge in [0.1, 0.15) is 0 Å². The number of aliphatic carboxylic acids is 1. The van der Waals surface area contributed by atoms with Crippen LogP contribution in [0.3, 0.4) is 0 Å². The van der Waals surface area contributed by atoms with Gasteiger partial charge in [-0.15, -0.1) is 0 Å². The molecule has 0 radical (unpaired) electrons. The van der Waals surface area contributed by atoms with Gasteiger partial charge in [0.25, 0.3) is 0 Å². The Morgan fingerprint density at radius 3 is 2.69 bits per heavy atom. The van der Waals surface area contributed by atoms with Gasteiger partial charge in [-0.2, -0.15) is 0 Å². The van der Waals surface area contributed by atoms with Gasteiger partial charge in [0.05, 0.1) is 11.8 Å². The summed E-state index contributed by atoms with van der Waals surface area (Å²) in [5.74, 6) is -2.01. The van der Waals surface area contributed by atoms with E-state index in [1.165, 1.54) is 0 Å². The van der Waals surface area contributed by atoms with Crippen molar-refractivity contribution in [1.82, 2.24) is 10.6 Å². The molecule has 3 atom stereocenters. The molecule has 2 amide bonds. The Kier molecular flexibility index (Phi) is 2.80. The van der Waals surface area contributed by atoms with Crippen LogP contribution in [0.4, 0.5) is 0 Å². The van der Waals surface area contributed by atoms with E-state index < -0.39 is 11.9 Å². The van der Waals surface area contributed by atoms with Gasteiger partial charge in [-0.25, -0.2) is 0 Å². The number of amides is 2. The van der Waals surface area contributed by atoms with Gasteiger partial charge in [0.15, 0.2) is 0 Å². The fraction of sp³-hybridized carbons (Fsp3) is 0.700. The van der Waals surface area contributed by atoms with Gasteiger partial charge in [-0.1, -0.05) is 0 Å². The molecule has 0 bridgehead atoms. The van der Waals surface area contributed by atoms with E-state index in [-0.39, 0.29) is 23.8 Å². The van der Waals surface area contributed by atoms with Crippen molar-refractivity contribution in [2.45, 2.75) is 25.3 Å². The van der Waals surface area contributed by atoms with Crippen LogP contribution in [-0.2, 0) is 14.4 Å². The molecule has 0 spiro atoms. The van der Waals surface area contributed by atoms with Crippen molar-refractivity contribution in [3.05, 3.63) is 0 Å². The largest absolute Gasteiger partial charge is 0.481 e. The van der Waals surface area contributed by atoms with Crippen molar-refractivity contribution in [3.8, 4) is 0 Å². The highest BCUT2D eigenvalue weighted by Gasteiger charge is 2.48. The molecule has 2 rings (SSSR count). The molecule has 1 aliphatic heterocycles. The van der Waals surface area contributed by atoms with Crippen LogP contribution in [0, 0.1) is 11.8 Å². The van der Waals surface area contributed by atoms with Crippen LogP contribution < -0.4 is 10.6 Å². The summed E-state index contributed by atoms with van der Waals surface area (Å²) in [5, 5.41) is 14.1. The molecule has 6 nitrogen and oxygen atoms in total. The highest BCUT2D eigenvalue weighted by Crippen LogP contribution is 2.38. The number of hydrogen-bond donors (Lipinski definition) is 3. The van der Waals surface area contributed by atoms with Gasteiger partial charge in [0, 0.05) is 19.0 Å². The molecule has 2 fully saturated rings. The van der Waals surface area contributed by atoms with E-state index in [1.807, 2.05) is 0 Å². The lowest BCUT2D eigenvalue weighted by atomic mass is 10.2. The van der Waals surface area contributed by atoms with Crippen molar-refractivity contribution < 1.29 is 19.5 Å². The zero-order chi connectivity index (χ0) is 11.7. The first-order valence-corrected chi connectivity index (χ1v) is 5.38. The number of carboxylic acids is 1. The topological polar surface area (TPSA) is 95.5 Å². The van der Waals surface area contributed by atoms with Crippen LogP contribution in [0.2, 0.25) is 0 Å². The third kappa shape index (κ3) is 2.32. The SMILES string of the molecule is O=C1CCC(CNC(=O)C2CC2C(=O)O)N1. The fourth-order valence-corrected chi connectivity index (χ4v) is 1.94. The first kappa shape index (κ1) is 10.9. The van der Waals surface area contributed by atoms with Gasteiger partial charge in [-0.3, -0.25) is 14.4 Å². The quantitative estimate of drug-likeness (QED) is 0.579. The predicted octanol–water partition coefficient (Wildman–Crippen LogP) is -0.898. The molecule has 2 aliphatic rings. The Balaban J connectivity index is 1.69. The average molecular weight is 226 g/mol. The molecule has 1 aliphatic carbocycles. The average Bonchev–Trinajstić information content (AvgIpc) is 2.93. The molecule has 1 saturated heterocycles. The van der Waals surface area contributed by atoms with Crippen molar-refractivity contribution >= 4 is 17.8 Å². The lowest BCUT2D eigenvalue weighted by molar-refractivity contribution is -0.140. The summed E-state index contributed by atoms with van der Waals surface area (Å²) in [7, 11) is 0. The number of carboxylic acid groups (broad SMARTS) is 1.